The van der Waals surface area contributed by atoms with Crippen LogP contribution < -0.4 is 4.43 Å². The van der Waals surface area contributed by atoms with Gasteiger partial charge in [0.1, 0.15) is 5.75 Å². The summed E-state index contributed by atoms with van der Waals surface area (Å²) in [6.07, 6.45) is 1.60. The summed E-state index contributed by atoms with van der Waals surface area (Å²) in [7, 11) is 0.307. The molecule has 2 rings (SSSR count). The molecule has 0 saturated carbocycles. The minimum Gasteiger partial charge on any atom is -0.544 e. The van der Waals surface area contributed by atoms with Gasteiger partial charge in [0.2, 0.25) is 8.32 Å². The summed E-state index contributed by atoms with van der Waals surface area (Å²) in [4.78, 5) is 2.27. The lowest BCUT2D eigenvalue weighted by atomic mass is 9.84. The van der Waals surface area contributed by atoms with Gasteiger partial charge < -0.3 is 14.4 Å². The summed E-state index contributed by atoms with van der Waals surface area (Å²) in [5, 5.41) is 11.0. The Morgan fingerprint density at radius 1 is 1.09 bits per heavy atom. The maximum absolute atomic E-state index is 10.9. The fraction of sp³-hybridized carbons (Fsp3) is 0.667. The molecule has 1 N–H and O–H groups in total. The molecule has 0 atom stereocenters. The highest BCUT2D eigenvalue weighted by atomic mass is 28.4. The lowest BCUT2D eigenvalue weighted by Crippen LogP contribution is -2.44. The van der Waals surface area contributed by atoms with Crippen molar-refractivity contribution < 1.29 is 9.53 Å². The highest BCUT2D eigenvalue weighted by Crippen LogP contribution is 2.38. The highest BCUT2D eigenvalue weighted by Gasteiger charge is 2.39. The van der Waals surface area contributed by atoms with Gasteiger partial charge in [0.25, 0.3) is 0 Å². The van der Waals surface area contributed by atoms with E-state index in [1.807, 2.05) is 24.3 Å². The van der Waals surface area contributed by atoms with E-state index in [2.05, 4.69) is 45.8 Å². The Labute approximate surface area is 136 Å². The van der Waals surface area contributed by atoms with Gasteiger partial charge in [-0.1, -0.05) is 32.9 Å². The van der Waals surface area contributed by atoms with Crippen molar-refractivity contribution in [3.8, 4) is 5.75 Å². The zero-order chi connectivity index (χ0) is 16.6. The van der Waals surface area contributed by atoms with Crippen molar-refractivity contribution >= 4 is 8.32 Å². The fourth-order valence-corrected chi connectivity index (χ4v) is 3.59. The number of aliphatic hydroxyl groups is 1. The molecule has 22 heavy (non-hydrogen) atoms. The van der Waals surface area contributed by atoms with Crippen LogP contribution in [0.25, 0.3) is 0 Å². The second-order valence-corrected chi connectivity index (χ2v) is 12.9. The maximum Gasteiger partial charge on any atom is 0.250 e. The number of likely N-dealkylation sites (tertiary alicyclic amines) is 1. The van der Waals surface area contributed by atoms with E-state index in [1.165, 1.54) is 0 Å². The monoisotopic (exact) mass is 321 g/mol. The SMILES string of the molecule is CN1CCC(O)(c2ccc(O[Si](C)(C)C(C)(C)C)cc2)CC1. The molecule has 1 heterocycles. The molecule has 0 radical (unpaired) electrons. The van der Waals surface area contributed by atoms with Gasteiger partial charge in [-0.3, -0.25) is 0 Å². The van der Waals surface area contributed by atoms with Crippen molar-refractivity contribution in [1.29, 1.82) is 0 Å². The zero-order valence-corrected chi connectivity index (χ0v) is 15.9. The average molecular weight is 322 g/mol. The standard InChI is InChI=1S/C18H31NO2Si/c1-17(2,3)22(5,6)21-16-9-7-15(8-10-16)18(20)11-13-19(4)14-12-18/h7-10,20H,11-14H2,1-6H3. The number of rotatable bonds is 3. The summed E-state index contributed by atoms with van der Waals surface area (Å²) in [6.45, 7) is 13.1. The van der Waals surface area contributed by atoms with Crippen LogP contribution in [-0.2, 0) is 5.60 Å². The third kappa shape index (κ3) is 3.73. The Bertz CT molecular complexity index is 497. The molecule has 1 aliphatic rings. The minimum absolute atomic E-state index is 0.192. The lowest BCUT2D eigenvalue weighted by molar-refractivity contribution is -0.0203. The van der Waals surface area contributed by atoms with Crippen molar-refractivity contribution in [3.05, 3.63) is 29.8 Å². The third-order valence-electron chi connectivity index (χ3n) is 5.39. The Balaban J connectivity index is 2.11. The molecule has 124 valence electrons. The quantitative estimate of drug-likeness (QED) is 0.855. The fourth-order valence-electron chi connectivity index (χ4n) is 2.56. The first-order chi connectivity index (χ1) is 10.0. The molecule has 4 heteroatoms. The maximum atomic E-state index is 10.9. The molecule has 0 spiro atoms. The molecule has 1 fully saturated rings. The van der Waals surface area contributed by atoms with E-state index in [0.29, 0.717) is 0 Å². The second-order valence-electron chi connectivity index (χ2n) is 8.22. The van der Waals surface area contributed by atoms with Gasteiger partial charge in [-0.05, 0) is 55.7 Å². The molecule has 1 saturated heterocycles. The predicted octanol–water partition coefficient (Wildman–Crippen LogP) is 3.98. The van der Waals surface area contributed by atoms with E-state index >= 15 is 0 Å². The van der Waals surface area contributed by atoms with Crippen LogP contribution in [-0.4, -0.2) is 38.5 Å². The van der Waals surface area contributed by atoms with Gasteiger partial charge in [-0.15, -0.1) is 0 Å². The third-order valence-corrected chi connectivity index (χ3v) is 9.74. The molecule has 1 aliphatic heterocycles. The van der Waals surface area contributed by atoms with E-state index in [-0.39, 0.29) is 5.04 Å². The van der Waals surface area contributed by atoms with Crippen molar-refractivity contribution in [2.75, 3.05) is 20.1 Å². The van der Waals surface area contributed by atoms with Crippen molar-refractivity contribution in [3.63, 3.8) is 0 Å². The number of piperidine rings is 1. The van der Waals surface area contributed by atoms with Crippen LogP contribution >= 0.6 is 0 Å². The van der Waals surface area contributed by atoms with Gasteiger partial charge >= 0.3 is 0 Å². The molecule has 0 aromatic heterocycles. The molecule has 0 bridgehead atoms. The number of hydrogen-bond donors (Lipinski definition) is 1. The van der Waals surface area contributed by atoms with E-state index < -0.39 is 13.9 Å². The van der Waals surface area contributed by atoms with Crippen LogP contribution in [0.5, 0.6) is 5.75 Å². The Morgan fingerprint density at radius 2 is 1.59 bits per heavy atom. The van der Waals surface area contributed by atoms with Crippen LogP contribution in [0.15, 0.2) is 24.3 Å². The Morgan fingerprint density at radius 3 is 2.05 bits per heavy atom. The number of nitrogens with zero attached hydrogens (tertiary/aromatic N) is 1. The average Bonchev–Trinajstić information content (AvgIpc) is 2.41. The van der Waals surface area contributed by atoms with Gasteiger partial charge in [-0.25, -0.2) is 0 Å². The largest absolute Gasteiger partial charge is 0.544 e. The molecule has 0 unspecified atom stereocenters. The van der Waals surface area contributed by atoms with Gasteiger partial charge in [0, 0.05) is 13.1 Å². The first-order valence-electron chi connectivity index (χ1n) is 8.24. The second kappa shape index (κ2) is 5.98. The summed E-state index contributed by atoms with van der Waals surface area (Å²) < 4.78 is 6.31. The smallest absolute Gasteiger partial charge is 0.250 e. The van der Waals surface area contributed by atoms with Crippen LogP contribution in [0.1, 0.15) is 39.2 Å². The van der Waals surface area contributed by atoms with Crippen molar-refractivity contribution in [2.24, 2.45) is 0 Å². The van der Waals surface area contributed by atoms with Crippen LogP contribution in [0.2, 0.25) is 18.1 Å². The molecule has 1 aromatic rings. The van der Waals surface area contributed by atoms with Crippen LogP contribution in [0, 0.1) is 0 Å². The number of hydrogen-bond acceptors (Lipinski definition) is 3. The number of benzene rings is 1. The summed E-state index contributed by atoms with van der Waals surface area (Å²) in [5.74, 6) is 0.923. The van der Waals surface area contributed by atoms with Crippen molar-refractivity contribution in [2.45, 2.75) is 57.3 Å². The minimum atomic E-state index is -1.80. The van der Waals surface area contributed by atoms with Gasteiger partial charge in [0.05, 0.1) is 5.60 Å². The van der Waals surface area contributed by atoms with Crippen LogP contribution in [0.3, 0.4) is 0 Å². The first kappa shape index (κ1) is 17.5. The molecule has 0 amide bonds. The van der Waals surface area contributed by atoms with Crippen LogP contribution in [0.4, 0.5) is 0 Å². The highest BCUT2D eigenvalue weighted by molar-refractivity contribution is 6.74. The Kier molecular flexibility index (Phi) is 4.76. The van der Waals surface area contributed by atoms with Crippen molar-refractivity contribution in [1.82, 2.24) is 4.90 Å². The topological polar surface area (TPSA) is 32.7 Å². The summed E-state index contributed by atoms with van der Waals surface area (Å²) in [6, 6.07) is 8.11. The molecule has 1 aromatic carbocycles. The Hall–Kier alpha value is -0.843. The van der Waals surface area contributed by atoms with Gasteiger partial charge in [0.15, 0.2) is 0 Å². The normalized spacial score (nSPS) is 20.0. The summed E-state index contributed by atoms with van der Waals surface area (Å²) >= 11 is 0. The molecular formula is C18H31NO2Si. The van der Waals surface area contributed by atoms with Gasteiger partial charge in [-0.2, -0.15) is 0 Å². The molecular weight excluding hydrogens is 290 g/mol. The predicted molar refractivity (Wildman–Crippen MR) is 94.9 cm³/mol. The lowest BCUT2D eigenvalue weighted by Gasteiger charge is -2.38. The first-order valence-corrected chi connectivity index (χ1v) is 11.1. The van der Waals surface area contributed by atoms with E-state index in [9.17, 15) is 5.11 Å². The van der Waals surface area contributed by atoms with E-state index in [0.717, 1.165) is 37.2 Å². The molecule has 3 nitrogen and oxygen atoms in total. The zero-order valence-electron chi connectivity index (χ0n) is 14.9. The van der Waals surface area contributed by atoms with E-state index in [4.69, 9.17) is 4.43 Å². The van der Waals surface area contributed by atoms with E-state index in [1.54, 1.807) is 0 Å². The summed E-state index contributed by atoms with van der Waals surface area (Å²) in [5.41, 5.74) is 0.338. The molecule has 0 aliphatic carbocycles.